The van der Waals surface area contributed by atoms with Gasteiger partial charge < -0.3 is 5.32 Å². The summed E-state index contributed by atoms with van der Waals surface area (Å²) in [5, 5.41) is 3.26. The molecule has 2 rings (SSSR count). The average molecular weight is 225 g/mol. The Bertz CT molecular complexity index is 395. The fraction of sp³-hybridized carbons (Fsp3) is 0.538. The summed E-state index contributed by atoms with van der Waals surface area (Å²) in [5.74, 6) is -0.504. The van der Waals surface area contributed by atoms with Crippen molar-refractivity contribution >= 4 is 0 Å². The Morgan fingerprint density at radius 1 is 1.12 bits per heavy atom. The van der Waals surface area contributed by atoms with E-state index in [0.717, 1.165) is 31.5 Å². The van der Waals surface area contributed by atoms with E-state index < -0.39 is 5.82 Å². The van der Waals surface area contributed by atoms with E-state index in [9.17, 15) is 8.78 Å². The minimum absolute atomic E-state index is 0.134. The van der Waals surface area contributed by atoms with E-state index in [-0.39, 0.29) is 11.4 Å². The molecule has 1 saturated heterocycles. The zero-order valence-electron chi connectivity index (χ0n) is 9.74. The van der Waals surface area contributed by atoms with Crippen LogP contribution in [0.2, 0.25) is 0 Å². The second-order valence-corrected chi connectivity index (χ2v) is 4.54. The van der Waals surface area contributed by atoms with Gasteiger partial charge >= 0.3 is 0 Å². The lowest BCUT2D eigenvalue weighted by atomic mass is 9.86. The van der Waals surface area contributed by atoms with Crippen LogP contribution in [0.1, 0.15) is 35.4 Å². The van der Waals surface area contributed by atoms with Gasteiger partial charge in [0.1, 0.15) is 11.6 Å². The Kier molecular flexibility index (Phi) is 3.24. The van der Waals surface area contributed by atoms with Crippen molar-refractivity contribution in [2.75, 3.05) is 13.1 Å². The molecular formula is C13H17F2N. The number of benzene rings is 1. The minimum atomic E-state index is -0.420. The first kappa shape index (κ1) is 11.5. The molecule has 1 aromatic carbocycles. The Morgan fingerprint density at radius 2 is 1.75 bits per heavy atom. The zero-order valence-corrected chi connectivity index (χ0v) is 9.74. The molecule has 1 aromatic rings. The molecule has 0 spiro atoms. The first-order valence-electron chi connectivity index (χ1n) is 5.77. The van der Waals surface area contributed by atoms with Crippen molar-refractivity contribution in [2.45, 2.75) is 32.6 Å². The molecule has 0 atom stereocenters. The van der Waals surface area contributed by atoms with E-state index in [1.165, 1.54) is 13.0 Å². The third-order valence-corrected chi connectivity index (χ3v) is 3.51. The van der Waals surface area contributed by atoms with Crippen molar-refractivity contribution in [1.29, 1.82) is 0 Å². The SMILES string of the molecule is Cc1c(F)cc(C2CCNCC2)c(C)c1F. The maximum Gasteiger partial charge on any atom is 0.132 e. The van der Waals surface area contributed by atoms with E-state index in [0.29, 0.717) is 11.5 Å². The van der Waals surface area contributed by atoms with Crippen LogP contribution in [0.3, 0.4) is 0 Å². The zero-order chi connectivity index (χ0) is 11.7. The van der Waals surface area contributed by atoms with Crippen LogP contribution in [0.4, 0.5) is 8.78 Å². The molecule has 0 radical (unpaired) electrons. The number of hydrogen-bond acceptors (Lipinski definition) is 1. The highest BCUT2D eigenvalue weighted by molar-refractivity contribution is 5.36. The van der Waals surface area contributed by atoms with Crippen molar-refractivity contribution in [3.8, 4) is 0 Å². The molecule has 0 saturated carbocycles. The lowest BCUT2D eigenvalue weighted by Crippen LogP contribution is -2.27. The van der Waals surface area contributed by atoms with Gasteiger partial charge in [0.2, 0.25) is 0 Å². The van der Waals surface area contributed by atoms with Gasteiger partial charge in [-0.3, -0.25) is 0 Å². The van der Waals surface area contributed by atoms with Crippen molar-refractivity contribution in [3.63, 3.8) is 0 Å². The summed E-state index contributed by atoms with van der Waals surface area (Å²) in [6, 6.07) is 1.52. The highest BCUT2D eigenvalue weighted by Crippen LogP contribution is 2.31. The summed E-state index contributed by atoms with van der Waals surface area (Å²) >= 11 is 0. The van der Waals surface area contributed by atoms with Gasteiger partial charge in [-0.15, -0.1) is 0 Å². The van der Waals surface area contributed by atoms with Gasteiger partial charge in [0.25, 0.3) is 0 Å². The number of piperidine rings is 1. The molecule has 1 heterocycles. The molecule has 3 heteroatoms. The third kappa shape index (κ3) is 1.96. The van der Waals surface area contributed by atoms with Crippen LogP contribution in [0.15, 0.2) is 6.07 Å². The quantitative estimate of drug-likeness (QED) is 0.774. The van der Waals surface area contributed by atoms with Gasteiger partial charge in [0.05, 0.1) is 0 Å². The fourth-order valence-corrected chi connectivity index (χ4v) is 2.42. The van der Waals surface area contributed by atoms with Crippen molar-refractivity contribution in [3.05, 3.63) is 34.4 Å². The summed E-state index contributed by atoms with van der Waals surface area (Å²) in [7, 11) is 0. The van der Waals surface area contributed by atoms with Gasteiger partial charge in [-0.2, -0.15) is 0 Å². The van der Waals surface area contributed by atoms with E-state index in [2.05, 4.69) is 5.32 Å². The predicted octanol–water partition coefficient (Wildman–Crippen LogP) is 3.05. The normalized spacial score (nSPS) is 17.8. The van der Waals surface area contributed by atoms with E-state index in [1.54, 1.807) is 6.92 Å². The molecule has 0 aromatic heterocycles. The maximum atomic E-state index is 13.8. The molecule has 1 aliphatic rings. The Morgan fingerprint density at radius 3 is 2.38 bits per heavy atom. The summed E-state index contributed by atoms with van der Waals surface area (Å²) < 4.78 is 27.3. The average Bonchev–Trinajstić information content (AvgIpc) is 2.32. The molecule has 88 valence electrons. The van der Waals surface area contributed by atoms with Crippen LogP contribution in [-0.4, -0.2) is 13.1 Å². The first-order valence-corrected chi connectivity index (χ1v) is 5.77. The van der Waals surface area contributed by atoms with Crippen molar-refractivity contribution < 1.29 is 8.78 Å². The van der Waals surface area contributed by atoms with Crippen molar-refractivity contribution in [2.24, 2.45) is 0 Å². The second kappa shape index (κ2) is 4.50. The summed E-state index contributed by atoms with van der Waals surface area (Å²) in [6.45, 7) is 5.10. The molecule has 0 amide bonds. The molecule has 0 aliphatic carbocycles. The Labute approximate surface area is 94.9 Å². The highest BCUT2D eigenvalue weighted by atomic mass is 19.1. The van der Waals surface area contributed by atoms with Gasteiger partial charge in [0.15, 0.2) is 0 Å². The molecule has 1 N–H and O–H groups in total. The van der Waals surface area contributed by atoms with E-state index in [1.807, 2.05) is 0 Å². The number of rotatable bonds is 1. The van der Waals surface area contributed by atoms with Gasteiger partial charge in [-0.1, -0.05) is 0 Å². The third-order valence-electron chi connectivity index (χ3n) is 3.51. The van der Waals surface area contributed by atoms with E-state index >= 15 is 0 Å². The van der Waals surface area contributed by atoms with Crippen LogP contribution in [0.25, 0.3) is 0 Å². The first-order chi connectivity index (χ1) is 7.61. The summed E-state index contributed by atoms with van der Waals surface area (Å²) in [6.07, 6.45) is 1.92. The van der Waals surface area contributed by atoms with Crippen LogP contribution in [0, 0.1) is 25.5 Å². The fourth-order valence-electron chi connectivity index (χ4n) is 2.42. The Balaban J connectivity index is 2.40. The Hall–Kier alpha value is -0.960. The monoisotopic (exact) mass is 225 g/mol. The number of nitrogens with one attached hydrogen (secondary N) is 1. The minimum Gasteiger partial charge on any atom is -0.317 e. The molecule has 1 aliphatic heterocycles. The molecule has 1 nitrogen and oxygen atoms in total. The standard InChI is InChI=1S/C13H17F2N/c1-8-11(10-3-5-16-6-4-10)7-12(14)9(2)13(8)15/h7,10,16H,3-6H2,1-2H3. The van der Waals surface area contributed by atoms with Gasteiger partial charge in [-0.05, 0) is 62.9 Å². The smallest absolute Gasteiger partial charge is 0.132 e. The lowest BCUT2D eigenvalue weighted by molar-refractivity contribution is 0.452. The topological polar surface area (TPSA) is 12.0 Å². The molecule has 16 heavy (non-hydrogen) atoms. The van der Waals surface area contributed by atoms with Crippen LogP contribution >= 0.6 is 0 Å². The second-order valence-electron chi connectivity index (χ2n) is 4.54. The number of halogens is 2. The molecular weight excluding hydrogens is 208 g/mol. The highest BCUT2D eigenvalue weighted by Gasteiger charge is 2.21. The summed E-state index contributed by atoms with van der Waals surface area (Å²) in [4.78, 5) is 0. The van der Waals surface area contributed by atoms with Crippen molar-refractivity contribution in [1.82, 2.24) is 5.32 Å². The predicted molar refractivity (Wildman–Crippen MR) is 60.7 cm³/mol. The number of hydrogen-bond donors (Lipinski definition) is 1. The van der Waals surface area contributed by atoms with Gasteiger partial charge in [0, 0.05) is 5.56 Å². The van der Waals surface area contributed by atoms with Crippen LogP contribution in [0.5, 0.6) is 0 Å². The maximum absolute atomic E-state index is 13.8. The molecule has 0 bridgehead atoms. The largest absolute Gasteiger partial charge is 0.317 e. The van der Waals surface area contributed by atoms with Crippen LogP contribution < -0.4 is 5.32 Å². The van der Waals surface area contributed by atoms with E-state index in [4.69, 9.17) is 0 Å². The molecule has 0 unspecified atom stereocenters. The summed E-state index contributed by atoms with van der Waals surface area (Å²) in [5.41, 5.74) is 1.60. The van der Waals surface area contributed by atoms with Gasteiger partial charge in [-0.25, -0.2) is 8.78 Å². The van der Waals surface area contributed by atoms with Crippen LogP contribution in [-0.2, 0) is 0 Å². The molecule has 1 fully saturated rings. The lowest BCUT2D eigenvalue weighted by Gasteiger charge is -2.25.